The summed E-state index contributed by atoms with van der Waals surface area (Å²) < 4.78 is 7.27. The Morgan fingerprint density at radius 3 is 2.27 bits per heavy atom. The van der Waals surface area contributed by atoms with E-state index in [1.54, 1.807) is 53.0 Å². The van der Waals surface area contributed by atoms with Crippen LogP contribution in [-0.4, -0.2) is 95.3 Å². The Labute approximate surface area is 237 Å². The van der Waals surface area contributed by atoms with Crippen molar-refractivity contribution in [2.24, 2.45) is 0 Å². The van der Waals surface area contributed by atoms with E-state index in [-0.39, 0.29) is 5.91 Å². The van der Waals surface area contributed by atoms with Gasteiger partial charge in [0, 0.05) is 62.3 Å². The van der Waals surface area contributed by atoms with Crippen LogP contribution in [0.4, 0.5) is 22.0 Å². The minimum atomic E-state index is -0.395. The first-order chi connectivity index (χ1) is 20.0. The van der Waals surface area contributed by atoms with E-state index in [9.17, 15) is 9.59 Å². The summed E-state index contributed by atoms with van der Waals surface area (Å²) in [6.07, 6.45) is 0. The van der Waals surface area contributed by atoms with Gasteiger partial charge in [0.2, 0.25) is 0 Å². The lowest BCUT2D eigenvalue weighted by molar-refractivity contribution is 0.0797. The molecule has 2 aromatic carbocycles. The maximum atomic E-state index is 12.6. The Morgan fingerprint density at radius 1 is 0.976 bits per heavy atom. The summed E-state index contributed by atoms with van der Waals surface area (Å²) in [6, 6.07) is 13.7. The third-order valence-electron chi connectivity index (χ3n) is 6.79. The van der Waals surface area contributed by atoms with Gasteiger partial charge in [-0.2, -0.15) is 0 Å². The van der Waals surface area contributed by atoms with E-state index in [0.29, 0.717) is 66.8 Å². The second-order valence-electron chi connectivity index (χ2n) is 9.61. The Hall–Kier alpha value is -4.62. The van der Waals surface area contributed by atoms with E-state index in [1.165, 1.54) is 0 Å². The molecule has 0 spiro atoms. The molecule has 4 aromatic rings. The third-order valence-corrected chi connectivity index (χ3v) is 6.79. The number of nitrogens with zero attached hydrogens (tertiary/aromatic N) is 7. The number of hydrogen-bond acceptors (Lipinski definition) is 9. The van der Waals surface area contributed by atoms with Crippen LogP contribution >= 0.6 is 0 Å². The Balaban J connectivity index is 1.26. The van der Waals surface area contributed by atoms with Gasteiger partial charge in [0.1, 0.15) is 0 Å². The number of anilines is 3. The smallest absolute Gasteiger partial charge is 0.323 e. The molecule has 3 N–H and O–H groups in total. The number of urea groups is 1. The number of ether oxygens (including phenoxy) is 1. The molecule has 1 aliphatic heterocycles. The molecule has 3 amide bonds. The van der Waals surface area contributed by atoms with Gasteiger partial charge >= 0.3 is 6.03 Å². The topological polar surface area (TPSA) is 142 Å². The predicted octanol–water partition coefficient (Wildman–Crippen LogP) is 2.68. The highest BCUT2D eigenvalue weighted by Crippen LogP contribution is 2.27. The quantitative estimate of drug-likeness (QED) is 0.283. The number of benzene rings is 2. The van der Waals surface area contributed by atoms with Crippen molar-refractivity contribution in [3.05, 3.63) is 54.1 Å². The van der Waals surface area contributed by atoms with Crippen LogP contribution in [0, 0.1) is 0 Å². The number of aromatic nitrogens is 5. The number of hydrogen-bond donors (Lipinski definition) is 3. The largest absolute Gasteiger partial charge is 0.378 e. The number of likely N-dealkylation sites (N-methyl/N-ethyl adjacent to an activating group) is 2. The highest BCUT2D eigenvalue weighted by Gasteiger charge is 2.21. The van der Waals surface area contributed by atoms with Crippen molar-refractivity contribution in [2.75, 3.05) is 69.0 Å². The monoisotopic (exact) mass is 558 g/mol. The SMILES string of the molecule is CCn1nnc2c(N3CCOCC3)nc(-c3ccc(NC(=O)Nc4ccc(C(=O)N(C)CCNC)cc4)cc3)nc21. The molecular weight excluding hydrogens is 524 g/mol. The summed E-state index contributed by atoms with van der Waals surface area (Å²) in [5, 5.41) is 17.2. The molecule has 0 atom stereocenters. The number of amides is 3. The second-order valence-corrected chi connectivity index (χ2v) is 9.61. The van der Waals surface area contributed by atoms with Gasteiger partial charge in [0.15, 0.2) is 22.8 Å². The molecule has 0 unspecified atom stereocenters. The Bertz CT molecular complexity index is 1500. The average Bonchev–Trinajstić information content (AvgIpc) is 3.43. The zero-order chi connectivity index (χ0) is 28.8. The number of fused-ring (bicyclic) bond motifs is 1. The summed E-state index contributed by atoms with van der Waals surface area (Å²) >= 11 is 0. The molecule has 2 aromatic heterocycles. The molecule has 13 nitrogen and oxygen atoms in total. The molecule has 0 radical (unpaired) electrons. The van der Waals surface area contributed by atoms with Crippen molar-refractivity contribution in [3.8, 4) is 11.4 Å². The molecule has 1 saturated heterocycles. The second kappa shape index (κ2) is 12.7. The summed E-state index contributed by atoms with van der Waals surface area (Å²) in [7, 11) is 3.60. The summed E-state index contributed by atoms with van der Waals surface area (Å²) in [5.41, 5.74) is 3.89. The highest BCUT2D eigenvalue weighted by atomic mass is 16.5. The van der Waals surface area contributed by atoms with Gasteiger partial charge in [-0.3, -0.25) is 4.79 Å². The van der Waals surface area contributed by atoms with Crippen LogP contribution in [0.1, 0.15) is 17.3 Å². The average molecular weight is 559 g/mol. The maximum absolute atomic E-state index is 12.6. The number of carbonyl (C=O) groups excluding carboxylic acids is 2. The van der Waals surface area contributed by atoms with Crippen LogP contribution in [0.5, 0.6) is 0 Å². The zero-order valence-corrected chi connectivity index (χ0v) is 23.4. The highest BCUT2D eigenvalue weighted by molar-refractivity contribution is 6.00. The summed E-state index contributed by atoms with van der Waals surface area (Å²) in [5.74, 6) is 1.22. The lowest BCUT2D eigenvalue weighted by atomic mass is 10.2. The molecule has 0 aliphatic carbocycles. The lowest BCUT2D eigenvalue weighted by Gasteiger charge is -2.27. The van der Waals surface area contributed by atoms with Gasteiger partial charge in [0.25, 0.3) is 5.91 Å². The minimum absolute atomic E-state index is 0.0769. The summed E-state index contributed by atoms with van der Waals surface area (Å²) in [4.78, 5) is 38.5. The van der Waals surface area contributed by atoms with Gasteiger partial charge in [-0.25, -0.2) is 19.4 Å². The fourth-order valence-electron chi connectivity index (χ4n) is 4.47. The minimum Gasteiger partial charge on any atom is -0.378 e. The van der Waals surface area contributed by atoms with Crippen molar-refractivity contribution in [1.29, 1.82) is 0 Å². The van der Waals surface area contributed by atoms with E-state index >= 15 is 0 Å². The molecule has 5 rings (SSSR count). The van der Waals surface area contributed by atoms with Crippen LogP contribution in [0.15, 0.2) is 48.5 Å². The first-order valence-electron chi connectivity index (χ1n) is 13.6. The first kappa shape index (κ1) is 27.9. The molecular formula is C28H34N10O3. The van der Waals surface area contributed by atoms with E-state index < -0.39 is 6.03 Å². The van der Waals surface area contributed by atoms with Crippen molar-refractivity contribution < 1.29 is 14.3 Å². The third kappa shape index (κ3) is 6.42. The number of rotatable bonds is 9. The molecule has 1 aliphatic rings. The van der Waals surface area contributed by atoms with Crippen LogP contribution in [0.3, 0.4) is 0 Å². The number of morpholine rings is 1. The zero-order valence-electron chi connectivity index (χ0n) is 23.4. The van der Waals surface area contributed by atoms with Gasteiger partial charge in [-0.1, -0.05) is 5.21 Å². The standard InChI is InChI=1S/C28H34N10O3/c1-4-38-26-23(34-35-38)25(37-15-17-41-18-16-37)32-24(33-26)19-5-9-21(10-6-19)30-28(40)31-22-11-7-20(8-12-22)27(39)36(3)14-13-29-2/h5-12,29H,4,13-18H2,1-3H3,(H2,30,31,40). The molecule has 41 heavy (non-hydrogen) atoms. The summed E-state index contributed by atoms with van der Waals surface area (Å²) in [6.45, 7) is 6.64. The number of nitrogens with one attached hydrogen (secondary N) is 3. The molecule has 0 saturated carbocycles. The van der Waals surface area contributed by atoms with E-state index in [1.807, 2.05) is 26.1 Å². The van der Waals surface area contributed by atoms with E-state index in [0.717, 1.165) is 24.5 Å². The molecule has 214 valence electrons. The van der Waals surface area contributed by atoms with Crippen LogP contribution in [0.25, 0.3) is 22.6 Å². The molecule has 13 heteroatoms. The van der Waals surface area contributed by atoms with Crippen molar-refractivity contribution in [2.45, 2.75) is 13.5 Å². The fourth-order valence-corrected chi connectivity index (χ4v) is 4.47. The van der Waals surface area contributed by atoms with Crippen LogP contribution < -0.4 is 20.9 Å². The first-order valence-corrected chi connectivity index (χ1v) is 13.6. The molecule has 3 heterocycles. The molecule has 0 bridgehead atoms. The van der Waals surface area contributed by atoms with E-state index in [4.69, 9.17) is 14.7 Å². The van der Waals surface area contributed by atoms with Crippen molar-refractivity contribution in [1.82, 2.24) is 35.2 Å². The van der Waals surface area contributed by atoms with Gasteiger partial charge in [-0.15, -0.1) is 5.10 Å². The van der Waals surface area contributed by atoms with Crippen molar-refractivity contribution in [3.63, 3.8) is 0 Å². The van der Waals surface area contributed by atoms with Crippen LogP contribution in [-0.2, 0) is 11.3 Å². The maximum Gasteiger partial charge on any atom is 0.323 e. The molecule has 1 fully saturated rings. The number of carbonyl (C=O) groups is 2. The Kier molecular flexibility index (Phi) is 8.65. The number of aryl methyl sites for hydroxylation is 1. The van der Waals surface area contributed by atoms with Crippen molar-refractivity contribution >= 4 is 40.3 Å². The van der Waals surface area contributed by atoms with Gasteiger partial charge in [0.05, 0.1) is 13.2 Å². The predicted molar refractivity (Wildman–Crippen MR) is 157 cm³/mol. The Morgan fingerprint density at radius 2 is 1.63 bits per heavy atom. The fraction of sp³-hybridized carbons (Fsp3) is 0.357. The van der Waals surface area contributed by atoms with Gasteiger partial charge < -0.3 is 30.5 Å². The normalized spacial score (nSPS) is 13.3. The lowest BCUT2D eigenvalue weighted by Crippen LogP contribution is -2.37. The van der Waals surface area contributed by atoms with Crippen LogP contribution in [0.2, 0.25) is 0 Å². The van der Waals surface area contributed by atoms with E-state index in [2.05, 4.69) is 31.2 Å². The van der Waals surface area contributed by atoms with Gasteiger partial charge in [-0.05, 0) is 62.5 Å².